The van der Waals surface area contributed by atoms with Gasteiger partial charge in [-0.3, -0.25) is 4.79 Å². The Labute approximate surface area is 158 Å². The van der Waals surface area contributed by atoms with Crippen molar-refractivity contribution in [1.29, 1.82) is 0 Å². The molecule has 1 N–H and O–H groups in total. The van der Waals surface area contributed by atoms with E-state index in [0.717, 1.165) is 50.4 Å². The number of halogens is 1. The molecule has 0 atom stereocenters. The summed E-state index contributed by atoms with van der Waals surface area (Å²) in [6, 6.07) is 8.19. The molecule has 5 nitrogen and oxygen atoms in total. The summed E-state index contributed by atoms with van der Waals surface area (Å²) in [6.07, 6.45) is 6.02. The fourth-order valence-corrected chi connectivity index (χ4v) is 3.92. The summed E-state index contributed by atoms with van der Waals surface area (Å²) < 4.78 is 2.61. The van der Waals surface area contributed by atoms with Crippen LogP contribution in [0.15, 0.2) is 40.0 Å². The monoisotopic (exact) mass is 416 g/mol. The lowest BCUT2D eigenvalue weighted by Crippen LogP contribution is -2.26. The Morgan fingerprint density at radius 3 is 2.84 bits per heavy atom. The fourth-order valence-electron chi connectivity index (χ4n) is 2.83. The van der Waals surface area contributed by atoms with Crippen LogP contribution in [0.1, 0.15) is 28.8 Å². The molecule has 3 aromatic rings. The number of hydrogen-bond acceptors (Lipinski definition) is 4. The van der Waals surface area contributed by atoms with Crippen molar-refractivity contribution in [2.24, 2.45) is 0 Å². The lowest BCUT2D eigenvalue weighted by Gasteiger charge is -2.09. The zero-order chi connectivity index (χ0) is 17.6. The number of amides is 1. The number of hydrogen-bond donors (Lipinski definition) is 1. The predicted octanol–water partition coefficient (Wildman–Crippen LogP) is 4.08. The highest BCUT2D eigenvalue weighted by molar-refractivity contribution is 9.10. The van der Waals surface area contributed by atoms with Gasteiger partial charge in [0.2, 0.25) is 0 Å². The van der Waals surface area contributed by atoms with Crippen molar-refractivity contribution in [3.63, 3.8) is 0 Å². The van der Waals surface area contributed by atoms with Gasteiger partial charge >= 0.3 is 0 Å². The largest absolute Gasteiger partial charge is 0.349 e. The fraction of sp³-hybridized carbons (Fsp3) is 0.278. The first-order valence-corrected chi connectivity index (χ1v) is 10.1. The normalized spacial score (nSPS) is 14.0. The van der Waals surface area contributed by atoms with Crippen LogP contribution in [0.5, 0.6) is 0 Å². The number of carbonyl (C=O) groups excluding carboxylic acids is 1. The lowest BCUT2D eigenvalue weighted by molar-refractivity contribution is 0.0950. The van der Waals surface area contributed by atoms with Crippen LogP contribution in [0.4, 0.5) is 0 Å². The molecule has 2 aromatic heterocycles. The third-order valence-electron chi connectivity index (χ3n) is 4.30. The molecule has 0 spiro atoms. The number of imidazole rings is 1. The first-order chi connectivity index (χ1) is 12.1. The Balaban J connectivity index is 1.75. The van der Waals surface area contributed by atoms with Gasteiger partial charge in [0.1, 0.15) is 4.60 Å². The Hall–Kier alpha value is -1.86. The van der Waals surface area contributed by atoms with E-state index in [1.54, 1.807) is 11.8 Å². The van der Waals surface area contributed by atoms with E-state index >= 15 is 0 Å². The van der Waals surface area contributed by atoms with E-state index in [4.69, 9.17) is 0 Å². The number of nitrogens with zero attached hydrogens (tertiary/aromatic N) is 3. The molecule has 128 valence electrons. The van der Waals surface area contributed by atoms with Crippen molar-refractivity contribution in [3.05, 3.63) is 46.2 Å². The number of thioether (sulfide) groups is 1. The van der Waals surface area contributed by atoms with Gasteiger partial charge < -0.3 is 5.32 Å². The summed E-state index contributed by atoms with van der Waals surface area (Å²) in [6.45, 7) is 1.96. The van der Waals surface area contributed by atoms with Crippen LogP contribution >= 0.6 is 27.7 Å². The topological polar surface area (TPSA) is 59.3 Å². The maximum absolute atomic E-state index is 12.3. The van der Waals surface area contributed by atoms with Crippen molar-refractivity contribution >= 4 is 39.2 Å². The molecule has 1 aromatic carbocycles. The van der Waals surface area contributed by atoms with Crippen LogP contribution in [0, 0.1) is 6.92 Å². The zero-order valence-electron chi connectivity index (χ0n) is 13.9. The summed E-state index contributed by atoms with van der Waals surface area (Å²) >= 11 is 5.10. The van der Waals surface area contributed by atoms with E-state index in [1.165, 1.54) is 0 Å². The molecule has 1 aliphatic rings. The summed E-state index contributed by atoms with van der Waals surface area (Å²) in [5.74, 6) is 0.00947. The summed E-state index contributed by atoms with van der Waals surface area (Å²) in [5, 5.41) is 7.57. The molecule has 0 saturated heterocycles. The minimum atomic E-state index is 0.00947. The Morgan fingerprint density at radius 1 is 1.36 bits per heavy atom. The second kappa shape index (κ2) is 6.46. The number of aryl methyl sites for hydroxylation is 1. The van der Waals surface area contributed by atoms with E-state index in [2.05, 4.69) is 31.3 Å². The van der Waals surface area contributed by atoms with Crippen LogP contribution in [0.25, 0.3) is 16.9 Å². The number of nitrogens with one attached hydrogen (secondary N) is 1. The molecule has 7 heteroatoms. The highest BCUT2D eigenvalue weighted by Crippen LogP contribution is 2.29. The number of aromatic nitrogens is 3. The van der Waals surface area contributed by atoms with Gasteiger partial charge in [-0.25, -0.2) is 9.50 Å². The molecule has 0 unspecified atom stereocenters. The second-order valence-electron chi connectivity index (χ2n) is 6.19. The minimum absolute atomic E-state index is 0.00947. The van der Waals surface area contributed by atoms with Crippen LogP contribution in [0.3, 0.4) is 0 Å². The van der Waals surface area contributed by atoms with E-state index in [1.807, 2.05) is 48.2 Å². The van der Waals surface area contributed by atoms with Crippen LogP contribution in [0.2, 0.25) is 0 Å². The van der Waals surface area contributed by atoms with Gasteiger partial charge in [-0.1, -0.05) is 6.07 Å². The highest BCUT2D eigenvalue weighted by Gasteiger charge is 2.24. The highest BCUT2D eigenvalue weighted by atomic mass is 79.9. The molecule has 0 radical (unpaired) electrons. The molecular formula is C18H17BrN4OS. The van der Waals surface area contributed by atoms with Gasteiger partial charge in [0.05, 0.1) is 16.8 Å². The van der Waals surface area contributed by atoms with Crippen molar-refractivity contribution in [1.82, 2.24) is 19.9 Å². The van der Waals surface area contributed by atoms with Gasteiger partial charge in [-0.15, -0.1) is 11.8 Å². The molecule has 25 heavy (non-hydrogen) atoms. The van der Waals surface area contributed by atoms with E-state index in [9.17, 15) is 4.79 Å². The summed E-state index contributed by atoms with van der Waals surface area (Å²) in [4.78, 5) is 17.9. The SMILES string of the molecule is CSc1cc(Br)nn2c(-c3ccc(C(=O)NC4CC4)c(C)c3)cnc12. The molecule has 1 amide bonds. The zero-order valence-corrected chi connectivity index (χ0v) is 16.3. The van der Waals surface area contributed by atoms with Crippen molar-refractivity contribution in [2.75, 3.05) is 6.26 Å². The van der Waals surface area contributed by atoms with Crippen molar-refractivity contribution < 1.29 is 4.79 Å². The van der Waals surface area contributed by atoms with Crippen LogP contribution in [-0.2, 0) is 0 Å². The van der Waals surface area contributed by atoms with E-state index < -0.39 is 0 Å². The Kier molecular flexibility index (Phi) is 4.29. The maximum atomic E-state index is 12.3. The molecule has 4 rings (SSSR count). The van der Waals surface area contributed by atoms with Gasteiger partial charge in [-0.2, -0.15) is 5.10 Å². The average molecular weight is 417 g/mol. The number of benzene rings is 1. The Bertz CT molecular complexity index is 981. The van der Waals surface area contributed by atoms with Crippen LogP contribution in [-0.4, -0.2) is 32.8 Å². The van der Waals surface area contributed by atoms with Crippen molar-refractivity contribution in [2.45, 2.75) is 30.7 Å². The molecular weight excluding hydrogens is 400 g/mol. The summed E-state index contributed by atoms with van der Waals surface area (Å²) in [5.41, 5.74) is 4.41. The molecule has 0 aliphatic heterocycles. The average Bonchev–Trinajstić information content (AvgIpc) is 3.30. The number of carbonyl (C=O) groups is 1. The third-order valence-corrected chi connectivity index (χ3v) is 5.43. The van der Waals surface area contributed by atoms with E-state index in [0.29, 0.717) is 6.04 Å². The van der Waals surface area contributed by atoms with Crippen LogP contribution < -0.4 is 5.32 Å². The smallest absolute Gasteiger partial charge is 0.251 e. The lowest BCUT2D eigenvalue weighted by atomic mass is 10.0. The second-order valence-corrected chi connectivity index (χ2v) is 7.85. The molecule has 0 bridgehead atoms. The van der Waals surface area contributed by atoms with Gasteiger partial charge in [0.25, 0.3) is 5.91 Å². The molecule has 1 aliphatic carbocycles. The molecule has 1 saturated carbocycles. The van der Waals surface area contributed by atoms with Crippen molar-refractivity contribution in [3.8, 4) is 11.3 Å². The number of rotatable bonds is 4. The summed E-state index contributed by atoms with van der Waals surface area (Å²) in [7, 11) is 0. The van der Waals surface area contributed by atoms with E-state index in [-0.39, 0.29) is 5.91 Å². The number of fused-ring (bicyclic) bond motifs is 1. The molecule has 2 heterocycles. The first-order valence-electron chi connectivity index (χ1n) is 8.07. The standard InChI is InChI=1S/C18H17BrN4OS/c1-10-7-11(3-6-13(10)18(24)21-12-4-5-12)14-9-20-17-15(25-2)8-16(19)22-23(14)17/h3,6-9,12H,4-5H2,1-2H3,(H,21,24). The molecule has 1 fully saturated rings. The first kappa shape index (κ1) is 16.6. The maximum Gasteiger partial charge on any atom is 0.251 e. The third kappa shape index (κ3) is 3.18. The minimum Gasteiger partial charge on any atom is -0.349 e. The van der Waals surface area contributed by atoms with Gasteiger partial charge in [0, 0.05) is 17.2 Å². The predicted molar refractivity (Wildman–Crippen MR) is 103 cm³/mol. The Morgan fingerprint density at radius 2 is 2.16 bits per heavy atom. The quantitative estimate of drug-likeness (QED) is 0.650. The van der Waals surface area contributed by atoms with Gasteiger partial charge in [-0.05, 0) is 65.7 Å². The van der Waals surface area contributed by atoms with Gasteiger partial charge in [0.15, 0.2) is 5.65 Å².